The summed E-state index contributed by atoms with van der Waals surface area (Å²) in [5.74, 6) is -2.15. The number of carbonyl (C=O) groups is 3. The van der Waals surface area contributed by atoms with Crippen LogP contribution in [-0.2, 0) is 20.4 Å². The Morgan fingerprint density at radius 2 is 1.81 bits per heavy atom. The lowest BCUT2D eigenvalue weighted by molar-refractivity contribution is -0.123. The molecule has 1 fully saturated rings. The zero-order valence-electron chi connectivity index (χ0n) is 17.7. The second-order valence-electron chi connectivity index (χ2n) is 7.30. The molecule has 0 aromatic heterocycles. The van der Waals surface area contributed by atoms with E-state index in [-0.39, 0.29) is 18.7 Å². The lowest BCUT2D eigenvalue weighted by Crippen LogP contribution is -2.40. The first kappa shape index (κ1) is 23.4. The van der Waals surface area contributed by atoms with Crippen molar-refractivity contribution < 1.29 is 27.2 Å². The third-order valence-corrected chi connectivity index (χ3v) is 7.32. The molecule has 1 aliphatic rings. The molecule has 9 nitrogen and oxygen atoms in total. The van der Waals surface area contributed by atoms with Gasteiger partial charge in [0, 0.05) is 24.3 Å². The van der Waals surface area contributed by atoms with E-state index >= 15 is 0 Å². The molecule has 2 aromatic carbocycles. The lowest BCUT2D eigenvalue weighted by Gasteiger charge is -2.22. The first-order valence-corrected chi connectivity index (χ1v) is 11.3. The fraction of sp³-hybridized carbons (Fsp3) is 0.286. The standard InChI is InChI=1S/C21H23FN4O5S/c1-4-26(5-2)32(30,31)17-11-13(9-10-16(17)22)18(27)23-15-8-6-7-14(12-15)21(3)19(28)24-20(29)25-21/h6-12H,4-5H2,1-3H3,(H,23,27)(H2,24,25,28,29). The number of hydrogen-bond donors (Lipinski definition) is 3. The summed E-state index contributed by atoms with van der Waals surface area (Å²) < 4.78 is 40.8. The molecule has 2 aromatic rings. The van der Waals surface area contributed by atoms with E-state index in [0.717, 1.165) is 16.4 Å². The van der Waals surface area contributed by atoms with Gasteiger partial charge in [0.15, 0.2) is 0 Å². The summed E-state index contributed by atoms with van der Waals surface area (Å²) in [7, 11) is -4.10. The molecule has 4 amide bonds. The maximum absolute atomic E-state index is 14.3. The van der Waals surface area contributed by atoms with Crippen LogP contribution in [0.3, 0.4) is 0 Å². The van der Waals surface area contributed by atoms with Crippen molar-refractivity contribution in [1.29, 1.82) is 0 Å². The predicted octanol–water partition coefficient (Wildman–Crippen LogP) is 2.16. The normalized spacial score (nSPS) is 18.4. The van der Waals surface area contributed by atoms with Gasteiger partial charge in [0.2, 0.25) is 10.0 Å². The van der Waals surface area contributed by atoms with Crippen LogP contribution in [0, 0.1) is 5.82 Å². The molecule has 0 bridgehead atoms. The number of anilines is 1. The van der Waals surface area contributed by atoms with Gasteiger partial charge in [-0.3, -0.25) is 14.9 Å². The SMILES string of the molecule is CCN(CC)S(=O)(=O)c1cc(C(=O)Nc2cccc(C3(C)NC(=O)NC3=O)c2)ccc1F. The van der Waals surface area contributed by atoms with Gasteiger partial charge in [0.1, 0.15) is 16.3 Å². The van der Waals surface area contributed by atoms with Crippen molar-refractivity contribution in [3.63, 3.8) is 0 Å². The molecule has 0 aliphatic carbocycles. The number of carbonyl (C=O) groups excluding carboxylic acids is 3. The Kier molecular flexibility index (Phi) is 6.33. The number of nitrogens with one attached hydrogen (secondary N) is 3. The molecule has 1 heterocycles. The first-order valence-electron chi connectivity index (χ1n) is 9.88. The maximum Gasteiger partial charge on any atom is 0.322 e. The van der Waals surface area contributed by atoms with Gasteiger partial charge in [-0.05, 0) is 42.8 Å². The zero-order valence-corrected chi connectivity index (χ0v) is 18.5. The van der Waals surface area contributed by atoms with Gasteiger partial charge in [0.05, 0.1) is 0 Å². The van der Waals surface area contributed by atoms with Crippen LogP contribution in [0.4, 0.5) is 14.9 Å². The number of urea groups is 1. The summed E-state index contributed by atoms with van der Waals surface area (Å²) in [6, 6.07) is 8.77. The molecule has 11 heteroatoms. The second-order valence-corrected chi connectivity index (χ2v) is 9.21. The molecule has 0 radical (unpaired) electrons. The Bertz CT molecular complexity index is 1200. The Balaban J connectivity index is 1.89. The van der Waals surface area contributed by atoms with Gasteiger partial charge >= 0.3 is 6.03 Å². The molecule has 32 heavy (non-hydrogen) atoms. The van der Waals surface area contributed by atoms with Crippen LogP contribution < -0.4 is 16.0 Å². The highest BCUT2D eigenvalue weighted by molar-refractivity contribution is 7.89. The van der Waals surface area contributed by atoms with E-state index in [9.17, 15) is 27.2 Å². The Hall–Kier alpha value is -3.31. The molecule has 1 atom stereocenters. The van der Waals surface area contributed by atoms with E-state index in [1.165, 1.54) is 19.1 Å². The van der Waals surface area contributed by atoms with Gasteiger partial charge < -0.3 is 10.6 Å². The van der Waals surface area contributed by atoms with Crippen molar-refractivity contribution in [3.8, 4) is 0 Å². The minimum Gasteiger partial charge on any atom is -0.322 e. The number of imide groups is 1. The number of sulfonamides is 1. The predicted molar refractivity (Wildman–Crippen MR) is 115 cm³/mol. The van der Waals surface area contributed by atoms with E-state index in [2.05, 4.69) is 16.0 Å². The fourth-order valence-corrected chi connectivity index (χ4v) is 4.95. The third kappa shape index (κ3) is 4.21. The molecule has 3 rings (SSSR count). The topological polar surface area (TPSA) is 125 Å². The van der Waals surface area contributed by atoms with Gasteiger partial charge in [-0.1, -0.05) is 26.0 Å². The molecule has 0 spiro atoms. The summed E-state index contributed by atoms with van der Waals surface area (Å²) >= 11 is 0. The third-order valence-electron chi connectivity index (χ3n) is 5.26. The van der Waals surface area contributed by atoms with Crippen LogP contribution in [0.1, 0.15) is 36.7 Å². The Labute approximate surface area is 185 Å². The molecular weight excluding hydrogens is 439 g/mol. The van der Waals surface area contributed by atoms with E-state index in [1.54, 1.807) is 32.0 Å². The van der Waals surface area contributed by atoms with Crippen LogP contribution >= 0.6 is 0 Å². The lowest BCUT2D eigenvalue weighted by atomic mass is 9.92. The van der Waals surface area contributed by atoms with E-state index in [1.807, 2.05) is 0 Å². The quantitative estimate of drug-likeness (QED) is 0.544. The van der Waals surface area contributed by atoms with E-state index in [4.69, 9.17) is 0 Å². The van der Waals surface area contributed by atoms with Crippen molar-refractivity contribution in [2.75, 3.05) is 18.4 Å². The van der Waals surface area contributed by atoms with Crippen molar-refractivity contribution >= 4 is 33.6 Å². The van der Waals surface area contributed by atoms with Crippen molar-refractivity contribution in [2.45, 2.75) is 31.2 Å². The van der Waals surface area contributed by atoms with Gasteiger partial charge in [-0.2, -0.15) is 4.31 Å². The molecule has 170 valence electrons. The molecule has 1 aliphatic heterocycles. The van der Waals surface area contributed by atoms with Crippen molar-refractivity contribution in [3.05, 3.63) is 59.4 Å². The van der Waals surface area contributed by atoms with Crippen LogP contribution in [-0.4, -0.2) is 43.7 Å². The largest absolute Gasteiger partial charge is 0.322 e. The van der Waals surface area contributed by atoms with E-state index < -0.39 is 44.1 Å². The molecular formula is C21H23FN4O5S. The smallest absolute Gasteiger partial charge is 0.322 e. The average Bonchev–Trinajstić information content (AvgIpc) is 3.01. The van der Waals surface area contributed by atoms with E-state index in [0.29, 0.717) is 11.3 Å². The van der Waals surface area contributed by atoms with Gasteiger partial charge in [-0.25, -0.2) is 17.6 Å². The molecule has 1 unspecified atom stereocenters. The summed E-state index contributed by atoms with van der Waals surface area (Å²) in [5, 5.41) is 7.31. The Morgan fingerprint density at radius 3 is 2.41 bits per heavy atom. The monoisotopic (exact) mass is 462 g/mol. The summed E-state index contributed by atoms with van der Waals surface area (Å²) in [6.45, 7) is 5.11. The number of rotatable bonds is 7. The summed E-state index contributed by atoms with van der Waals surface area (Å²) in [4.78, 5) is 35.8. The maximum atomic E-state index is 14.3. The highest BCUT2D eigenvalue weighted by atomic mass is 32.2. The van der Waals surface area contributed by atoms with Crippen LogP contribution in [0.25, 0.3) is 0 Å². The highest BCUT2D eigenvalue weighted by Crippen LogP contribution is 2.27. The summed E-state index contributed by atoms with van der Waals surface area (Å²) in [6.07, 6.45) is 0. The Morgan fingerprint density at radius 1 is 1.12 bits per heavy atom. The number of halogens is 1. The zero-order chi connectivity index (χ0) is 23.7. The molecule has 1 saturated heterocycles. The first-order chi connectivity index (χ1) is 15.0. The average molecular weight is 463 g/mol. The minimum atomic E-state index is -4.10. The van der Waals surface area contributed by atoms with Crippen LogP contribution in [0.15, 0.2) is 47.4 Å². The molecule has 0 saturated carbocycles. The number of nitrogens with zero attached hydrogens (tertiary/aromatic N) is 1. The number of amides is 4. The highest BCUT2D eigenvalue weighted by Gasteiger charge is 2.43. The fourth-order valence-electron chi connectivity index (χ4n) is 3.40. The summed E-state index contributed by atoms with van der Waals surface area (Å²) in [5.41, 5.74) is -0.623. The minimum absolute atomic E-state index is 0.0549. The van der Waals surface area contributed by atoms with Crippen molar-refractivity contribution in [2.24, 2.45) is 0 Å². The van der Waals surface area contributed by atoms with Gasteiger partial charge in [-0.15, -0.1) is 0 Å². The number of benzene rings is 2. The second kappa shape index (κ2) is 8.67. The van der Waals surface area contributed by atoms with Crippen molar-refractivity contribution in [1.82, 2.24) is 14.9 Å². The van der Waals surface area contributed by atoms with Crippen LogP contribution in [0.5, 0.6) is 0 Å². The number of hydrogen-bond acceptors (Lipinski definition) is 5. The molecule has 3 N–H and O–H groups in total. The van der Waals surface area contributed by atoms with Gasteiger partial charge in [0.25, 0.3) is 11.8 Å². The van der Waals surface area contributed by atoms with Crippen LogP contribution in [0.2, 0.25) is 0 Å².